The van der Waals surface area contributed by atoms with E-state index in [1.54, 1.807) is 38.0 Å². The van der Waals surface area contributed by atoms with E-state index in [0.29, 0.717) is 18.7 Å². The molecule has 0 radical (unpaired) electrons. The molecule has 0 saturated heterocycles. The molecule has 2 amide bonds. The second kappa shape index (κ2) is 11.6. The third kappa shape index (κ3) is 6.80. The molecule has 32 heavy (non-hydrogen) atoms. The molecule has 174 valence electrons. The predicted octanol–water partition coefficient (Wildman–Crippen LogP) is 2.09. The molecule has 0 heterocycles. The van der Waals surface area contributed by atoms with Crippen LogP contribution in [0.3, 0.4) is 0 Å². The van der Waals surface area contributed by atoms with Gasteiger partial charge in [0.2, 0.25) is 21.8 Å². The van der Waals surface area contributed by atoms with E-state index in [9.17, 15) is 18.0 Å². The van der Waals surface area contributed by atoms with E-state index in [1.807, 2.05) is 24.3 Å². The minimum atomic E-state index is -3.51. The fourth-order valence-corrected chi connectivity index (χ4v) is 4.26. The Morgan fingerprint density at radius 2 is 1.62 bits per heavy atom. The standard InChI is InChI=1S/C23H31N3O5S/c1-5-25-32(29,30)21-13-8-18(9-14-21)10-15-22(27)26(17(2)23(28)24-3)16-19-6-11-20(31-4)12-7-19/h6-9,11-14,17,25H,5,10,15-16H2,1-4H3,(H,24,28)/t17-/m0/s1. The van der Waals surface area contributed by atoms with Gasteiger partial charge in [0.05, 0.1) is 12.0 Å². The number of amides is 2. The molecule has 1 atom stereocenters. The van der Waals surface area contributed by atoms with Crippen LogP contribution in [0.5, 0.6) is 5.75 Å². The van der Waals surface area contributed by atoms with Gasteiger partial charge in [-0.05, 0) is 48.7 Å². The Balaban J connectivity index is 2.11. The van der Waals surface area contributed by atoms with E-state index >= 15 is 0 Å². The molecule has 0 aliphatic heterocycles. The van der Waals surface area contributed by atoms with Crippen molar-refractivity contribution in [3.63, 3.8) is 0 Å². The summed E-state index contributed by atoms with van der Waals surface area (Å²) >= 11 is 0. The first-order valence-corrected chi connectivity index (χ1v) is 11.9. The van der Waals surface area contributed by atoms with Crippen molar-refractivity contribution in [1.29, 1.82) is 0 Å². The van der Waals surface area contributed by atoms with Crippen LogP contribution in [-0.4, -0.2) is 51.9 Å². The number of sulfonamides is 1. The van der Waals surface area contributed by atoms with Crippen molar-refractivity contribution >= 4 is 21.8 Å². The molecule has 0 bridgehead atoms. The quantitative estimate of drug-likeness (QED) is 0.533. The Hall–Kier alpha value is -2.91. The maximum Gasteiger partial charge on any atom is 0.242 e. The van der Waals surface area contributed by atoms with Gasteiger partial charge in [-0.25, -0.2) is 13.1 Å². The Bertz CT molecular complexity index is 1000. The van der Waals surface area contributed by atoms with E-state index in [1.165, 1.54) is 19.2 Å². The number of aryl methyl sites for hydroxylation is 1. The smallest absolute Gasteiger partial charge is 0.242 e. The number of nitrogens with one attached hydrogen (secondary N) is 2. The summed E-state index contributed by atoms with van der Waals surface area (Å²) in [6.45, 7) is 4.01. The lowest BCUT2D eigenvalue weighted by atomic mass is 10.1. The summed E-state index contributed by atoms with van der Waals surface area (Å²) in [5.74, 6) is 0.302. The summed E-state index contributed by atoms with van der Waals surface area (Å²) < 4.78 is 31.7. The van der Waals surface area contributed by atoms with Gasteiger partial charge in [0, 0.05) is 26.6 Å². The van der Waals surface area contributed by atoms with E-state index < -0.39 is 16.1 Å². The van der Waals surface area contributed by atoms with Crippen molar-refractivity contribution in [2.75, 3.05) is 20.7 Å². The van der Waals surface area contributed by atoms with Gasteiger partial charge in [-0.2, -0.15) is 0 Å². The average molecular weight is 462 g/mol. The first-order chi connectivity index (χ1) is 15.2. The summed E-state index contributed by atoms with van der Waals surface area (Å²) in [5, 5.41) is 2.59. The number of benzene rings is 2. The molecule has 2 N–H and O–H groups in total. The molecule has 2 aromatic rings. The Morgan fingerprint density at radius 1 is 1.03 bits per heavy atom. The second-order valence-electron chi connectivity index (χ2n) is 7.31. The zero-order valence-electron chi connectivity index (χ0n) is 18.9. The number of carbonyl (C=O) groups is 2. The number of nitrogens with zero attached hydrogens (tertiary/aromatic N) is 1. The van der Waals surface area contributed by atoms with E-state index in [2.05, 4.69) is 10.0 Å². The van der Waals surface area contributed by atoms with Crippen molar-refractivity contribution in [3.05, 3.63) is 59.7 Å². The molecule has 2 rings (SSSR count). The fraction of sp³-hybridized carbons (Fsp3) is 0.391. The highest BCUT2D eigenvalue weighted by molar-refractivity contribution is 7.89. The molecule has 0 aliphatic rings. The minimum absolute atomic E-state index is 0.165. The Morgan fingerprint density at radius 3 is 2.16 bits per heavy atom. The van der Waals surface area contributed by atoms with Gasteiger partial charge < -0.3 is 15.0 Å². The number of carbonyl (C=O) groups excluding carboxylic acids is 2. The first kappa shape index (κ1) is 25.4. The van der Waals surface area contributed by atoms with Crippen molar-refractivity contribution in [3.8, 4) is 5.75 Å². The van der Waals surface area contributed by atoms with Crippen molar-refractivity contribution in [1.82, 2.24) is 14.9 Å². The summed E-state index contributed by atoms with van der Waals surface area (Å²) in [7, 11) is -0.390. The normalized spacial score (nSPS) is 12.1. The molecule has 0 fully saturated rings. The zero-order chi connectivity index (χ0) is 23.7. The minimum Gasteiger partial charge on any atom is -0.497 e. The highest BCUT2D eigenvalue weighted by Gasteiger charge is 2.25. The highest BCUT2D eigenvalue weighted by atomic mass is 32.2. The van der Waals surface area contributed by atoms with Gasteiger partial charge in [0.25, 0.3) is 0 Å². The van der Waals surface area contributed by atoms with E-state index in [-0.39, 0.29) is 29.7 Å². The third-order valence-electron chi connectivity index (χ3n) is 5.12. The maximum atomic E-state index is 13.0. The number of ether oxygens (including phenoxy) is 1. The van der Waals surface area contributed by atoms with Gasteiger partial charge in [-0.15, -0.1) is 0 Å². The number of hydrogen-bond donors (Lipinski definition) is 2. The van der Waals surface area contributed by atoms with E-state index in [4.69, 9.17) is 4.74 Å². The number of hydrogen-bond acceptors (Lipinski definition) is 5. The molecule has 0 aliphatic carbocycles. The lowest BCUT2D eigenvalue weighted by Crippen LogP contribution is -2.46. The monoisotopic (exact) mass is 461 g/mol. The Labute approximate surface area is 190 Å². The molecule has 0 saturated carbocycles. The molecular formula is C23H31N3O5S. The largest absolute Gasteiger partial charge is 0.497 e. The van der Waals surface area contributed by atoms with E-state index in [0.717, 1.165) is 11.1 Å². The number of methoxy groups -OCH3 is 1. The number of rotatable bonds is 11. The van der Waals surface area contributed by atoms with Crippen LogP contribution >= 0.6 is 0 Å². The molecule has 9 heteroatoms. The van der Waals surface area contributed by atoms with Crippen LogP contribution in [0, 0.1) is 0 Å². The lowest BCUT2D eigenvalue weighted by Gasteiger charge is -2.28. The van der Waals surface area contributed by atoms with Crippen LogP contribution in [0.15, 0.2) is 53.4 Å². The fourth-order valence-electron chi connectivity index (χ4n) is 3.22. The zero-order valence-corrected chi connectivity index (χ0v) is 19.7. The molecule has 8 nitrogen and oxygen atoms in total. The highest BCUT2D eigenvalue weighted by Crippen LogP contribution is 2.17. The SMILES string of the molecule is CCNS(=O)(=O)c1ccc(CCC(=O)N(Cc2ccc(OC)cc2)[C@@H](C)C(=O)NC)cc1. The average Bonchev–Trinajstić information content (AvgIpc) is 2.80. The third-order valence-corrected chi connectivity index (χ3v) is 6.68. The molecule has 2 aromatic carbocycles. The van der Waals surface area contributed by atoms with Gasteiger partial charge in [0.15, 0.2) is 0 Å². The van der Waals surface area contributed by atoms with Gasteiger partial charge >= 0.3 is 0 Å². The van der Waals surface area contributed by atoms with Gasteiger partial charge in [-0.1, -0.05) is 31.2 Å². The van der Waals surface area contributed by atoms with Crippen LogP contribution in [0.25, 0.3) is 0 Å². The summed E-state index contributed by atoms with van der Waals surface area (Å²) in [4.78, 5) is 27.0. The molecule has 0 spiro atoms. The predicted molar refractivity (Wildman–Crippen MR) is 123 cm³/mol. The first-order valence-electron chi connectivity index (χ1n) is 10.4. The van der Waals surface area contributed by atoms with Crippen LogP contribution in [0.2, 0.25) is 0 Å². The lowest BCUT2D eigenvalue weighted by molar-refractivity contribution is -0.140. The topological polar surface area (TPSA) is 105 Å². The second-order valence-corrected chi connectivity index (χ2v) is 9.07. The van der Waals surface area contributed by atoms with Crippen LogP contribution in [0.1, 0.15) is 31.4 Å². The van der Waals surface area contributed by atoms with Gasteiger partial charge in [0.1, 0.15) is 11.8 Å². The molecular weight excluding hydrogens is 430 g/mol. The van der Waals surface area contributed by atoms with Crippen molar-refractivity contribution in [2.45, 2.75) is 44.2 Å². The number of likely N-dealkylation sites (N-methyl/N-ethyl adjacent to an activating group) is 1. The Kier molecular flexibility index (Phi) is 9.22. The summed E-state index contributed by atoms with van der Waals surface area (Å²) in [5.41, 5.74) is 1.72. The van der Waals surface area contributed by atoms with Crippen molar-refractivity contribution < 1.29 is 22.7 Å². The van der Waals surface area contributed by atoms with Crippen LogP contribution in [0.4, 0.5) is 0 Å². The van der Waals surface area contributed by atoms with Crippen LogP contribution < -0.4 is 14.8 Å². The molecule has 0 unspecified atom stereocenters. The maximum absolute atomic E-state index is 13.0. The van der Waals surface area contributed by atoms with Gasteiger partial charge in [-0.3, -0.25) is 9.59 Å². The van der Waals surface area contributed by atoms with Crippen LogP contribution in [-0.2, 0) is 32.6 Å². The molecule has 0 aromatic heterocycles. The summed E-state index contributed by atoms with van der Waals surface area (Å²) in [6, 6.07) is 13.2. The summed E-state index contributed by atoms with van der Waals surface area (Å²) in [6.07, 6.45) is 0.622. The van der Waals surface area contributed by atoms with Crippen molar-refractivity contribution in [2.24, 2.45) is 0 Å².